The molecule has 0 radical (unpaired) electrons. The van der Waals surface area contributed by atoms with Crippen molar-refractivity contribution in [3.05, 3.63) is 53.3 Å². The Morgan fingerprint density at radius 2 is 1.94 bits per heavy atom. The Kier molecular flexibility index (Phi) is 3.05. The number of carbonyl (C=O) groups excluding carboxylic acids is 2. The van der Waals surface area contributed by atoms with E-state index in [1.54, 1.807) is 6.08 Å². The van der Waals surface area contributed by atoms with E-state index in [9.17, 15) is 9.59 Å². The maximum absolute atomic E-state index is 11.3. The van der Waals surface area contributed by atoms with E-state index in [1.807, 2.05) is 30.3 Å². The first-order valence-electron chi connectivity index (χ1n) is 4.99. The fourth-order valence-electron chi connectivity index (χ4n) is 1.47. The van der Waals surface area contributed by atoms with Gasteiger partial charge in [0.25, 0.3) is 0 Å². The van der Waals surface area contributed by atoms with Crippen LogP contribution in [-0.2, 0) is 19.1 Å². The first-order chi connectivity index (χ1) is 8.20. The predicted molar refractivity (Wildman–Crippen MR) is 60.6 cm³/mol. The highest BCUT2D eigenvalue weighted by Gasteiger charge is 2.27. The van der Waals surface area contributed by atoms with Crippen LogP contribution in [0.5, 0.6) is 0 Å². The van der Waals surface area contributed by atoms with Crippen molar-refractivity contribution in [1.82, 2.24) is 0 Å². The molecule has 4 nitrogen and oxygen atoms in total. The number of ether oxygens (including phenoxy) is 2. The quantitative estimate of drug-likeness (QED) is 0.450. The molecule has 0 spiro atoms. The molecule has 0 bridgehead atoms. The van der Waals surface area contributed by atoms with Crippen molar-refractivity contribution in [3.63, 3.8) is 0 Å². The Balaban J connectivity index is 2.35. The van der Waals surface area contributed by atoms with Gasteiger partial charge in [0.2, 0.25) is 0 Å². The molecule has 0 fully saturated rings. The molecule has 4 heteroatoms. The Hall–Kier alpha value is -2.36. The molecule has 1 aliphatic heterocycles. The number of hydrogen-bond acceptors (Lipinski definition) is 4. The molecule has 0 amide bonds. The van der Waals surface area contributed by atoms with Gasteiger partial charge in [-0.05, 0) is 11.6 Å². The topological polar surface area (TPSA) is 52.6 Å². The molecule has 1 aliphatic rings. The van der Waals surface area contributed by atoms with E-state index in [2.05, 4.69) is 4.74 Å². The number of methoxy groups -OCH3 is 1. The average molecular weight is 230 g/mol. The summed E-state index contributed by atoms with van der Waals surface area (Å²) in [6.45, 7) is 0. The summed E-state index contributed by atoms with van der Waals surface area (Å²) in [4.78, 5) is 22.3. The van der Waals surface area contributed by atoms with Crippen molar-refractivity contribution in [2.75, 3.05) is 7.11 Å². The van der Waals surface area contributed by atoms with Crippen molar-refractivity contribution in [3.8, 4) is 0 Å². The fraction of sp³-hybridized carbons (Fsp3) is 0.0769. The normalized spacial score (nSPS) is 15.6. The second-order valence-electron chi connectivity index (χ2n) is 3.39. The van der Waals surface area contributed by atoms with Crippen molar-refractivity contribution in [2.24, 2.45) is 0 Å². The monoisotopic (exact) mass is 230 g/mol. The molecular weight excluding hydrogens is 220 g/mol. The molecule has 0 N–H and O–H groups in total. The summed E-state index contributed by atoms with van der Waals surface area (Å²) in [5.74, 6) is -1.04. The zero-order valence-electron chi connectivity index (χ0n) is 9.17. The van der Waals surface area contributed by atoms with Gasteiger partial charge in [-0.1, -0.05) is 30.3 Å². The van der Waals surface area contributed by atoms with Gasteiger partial charge in [-0.25, -0.2) is 9.59 Å². The summed E-state index contributed by atoms with van der Waals surface area (Å²) in [7, 11) is 1.44. The van der Waals surface area contributed by atoms with Gasteiger partial charge in [0.05, 0.1) is 7.11 Å². The molecule has 0 saturated heterocycles. The predicted octanol–water partition coefficient (Wildman–Crippen LogP) is 1.68. The Morgan fingerprint density at radius 3 is 2.47 bits per heavy atom. The molecule has 17 heavy (non-hydrogen) atoms. The van der Waals surface area contributed by atoms with Crippen LogP contribution in [-0.4, -0.2) is 19.0 Å². The molecule has 0 saturated carbocycles. The minimum Gasteiger partial charge on any atom is -0.496 e. The van der Waals surface area contributed by atoms with Crippen LogP contribution in [0.4, 0.5) is 0 Å². The van der Waals surface area contributed by atoms with Gasteiger partial charge in [0.15, 0.2) is 0 Å². The molecule has 1 aromatic carbocycles. The Labute approximate surface area is 98.2 Å². The molecule has 0 unspecified atom stereocenters. The lowest BCUT2D eigenvalue weighted by molar-refractivity contribution is -0.150. The lowest BCUT2D eigenvalue weighted by Gasteiger charge is -2.04. The van der Waals surface area contributed by atoms with E-state index in [0.717, 1.165) is 11.6 Å². The van der Waals surface area contributed by atoms with Gasteiger partial charge in [-0.15, -0.1) is 0 Å². The van der Waals surface area contributed by atoms with Crippen LogP contribution in [0.1, 0.15) is 5.56 Å². The summed E-state index contributed by atoms with van der Waals surface area (Å²) < 4.78 is 9.50. The summed E-state index contributed by atoms with van der Waals surface area (Å²) >= 11 is 0. The van der Waals surface area contributed by atoms with E-state index < -0.39 is 11.9 Å². The number of cyclic esters (lactones) is 2. The Bertz CT molecular complexity index is 511. The average Bonchev–Trinajstić information content (AvgIpc) is 2.67. The summed E-state index contributed by atoms with van der Waals surface area (Å²) in [6, 6.07) is 9.34. The molecule has 1 heterocycles. The first-order valence-corrected chi connectivity index (χ1v) is 4.99. The van der Waals surface area contributed by atoms with Crippen molar-refractivity contribution >= 4 is 18.0 Å². The van der Waals surface area contributed by atoms with Gasteiger partial charge < -0.3 is 9.47 Å². The minimum absolute atomic E-state index is 0.140. The van der Waals surface area contributed by atoms with E-state index >= 15 is 0 Å². The lowest BCUT2D eigenvalue weighted by Crippen LogP contribution is -2.04. The third-order valence-corrected chi connectivity index (χ3v) is 2.26. The van der Waals surface area contributed by atoms with Crippen LogP contribution in [0.2, 0.25) is 0 Å². The summed E-state index contributed by atoms with van der Waals surface area (Å²) in [5.41, 5.74) is 1.01. The second kappa shape index (κ2) is 4.65. The SMILES string of the molecule is COC(=Cc1ccccc1)C1=CC(=O)OC1=O. The van der Waals surface area contributed by atoms with Crippen molar-refractivity contribution < 1.29 is 19.1 Å². The molecule has 0 atom stereocenters. The third kappa shape index (κ3) is 2.42. The fourth-order valence-corrected chi connectivity index (χ4v) is 1.47. The second-order valence-corrected chi connectivity index (χ2v) is 3.39. The number of rotatable bonds is 3. The van der Waals surface area contributed by atoms with Crippen LogP contribution in [0.3, 0.4) is 0 Å². The molecule has 86 valence electrons. The zero-order valence-corrected chi connectivity index (χ0v) is 9.17. The molecule has 1 aromatic rings. The lowest BCUT2D eigenvalue weighted by atomic mass is 10.1. The standard InChI is InChI=1S/C13H10O4/c1-16-11(7-9-5-3-2-4-6-9)10-8-12(14)17-13(10)15/h2-8H,1H3. The van der Waals surface area contributed by atoms with E-state index in [4.69, 9.17) is 4.74 Å². The highest BCUT2D eigenvalue weighted by Crippen LogP contribution is 2.20. The first kappa shape index (κ1) is 11.1. The van der Waals surface area contributed by atoms with Gasteiger partial charge in [0.1, 0.15) is 11.3 Å². The maximum atomic E-state index is 11.3. The van der Waals surface area contributed by atoms with E-state index in [-0.39, 0.29) is 5.57 Å². The molecule has 0 aromatic heterocycles. The summed E-state index contributed by atoms with van der Waals surface area (Å²) in [6.07, 6.45) is 2.80. The van der Waals surface area contributed by atoms with E-state index in [0.29, 0.717) is 5.76 Å². The van der Waals surface area contributed by atoms with Crippen LogP contribution < -0.4 is 0 Å². The van der Waals surface area contributed by atoms with Gasteiger partial charge >= 0.3 is 11.9 Å². The number of carbonyl (C=O) groups is 2. The van der Waals surface area contributed by atoms with Crippen LogP contribution in [0.25, 0.3) is 6.08 Å². The van der Waals surface area contributed by atoms with Gasteiger partial charge in [-0.2, -0.15) is 0 Å². The van der Waals surface area contributed by atoms with Crippen LogP contribution in [0, 0.1) is 0 Å². The molecule has 0 aliphatic carbocycles. The van der Waals surface area contributed by atoms with Crippen LogP contribution in [0.15, 0.2) is 47.7 Å². The van der Waals surface area contributed by atoms with Gasteiger partial charge in [-0.3, -0.25) is 0 Å². The zero-order chi connectivity index (χ0) is 12.3. The number of esters is 2. The maximum Gasteiger partial charge on any atom is 0.350 e. The highest BCUT2D eigenvalue weighted by molar-refractivity contribution is 6.11. The largest absolute Gasteiger partial charge is 0.496 e. The third-order valence-electron chi connectivity index (χ3n) is 2.26. The summed E-state index contributed by atoms with van der Waals surface area (Å²) in [5, 5.41) is 0. The smallest absolute Gasteiger partial charge is 0.350 e. The van der Waals surface area contributed by atoms with Crippen LogP contribution >= 0.6 is 0 Å². The van der Waals surface area contributed by atoms with Gasteiger partial charge in [0, 0.05) is 6.08 Å². The highest BCUT2D eigenvalue weighted by atomic mass is 16.6. The number of benzene rings is 1. The molecule has 2 rings (SSSR count). The van der Waals surface area contributed by atoms with Crippen molar-refractivity contribution in [2.45, 2.75) is 0 Å². The Morgan fingerprint density at radius 1 is 1.24 bits per heavy atom. The van der Waals surface area contributed by atoms with E-state index in [1.165, 1.54) is 7.11 Å². The van der Waals surface area contributed by atoms with Crippen molar-refractivity contribution in [1.29, 1.82) is 0 Å². The molecular formula is C13H10O4. The number of hydrogen-bond donors (Lipinski definition) is 0. The minimum atomic E-state index is -0.681.